The molecule has 0 unspecified atom stereocenters. The lowest BCUT2D eigenvalue weighted by atomic mass is 10.2. The Bertz CT molecular complexity index is 817. The third-order valence-electron chi connectivity index (χ3n) is 3.65. The van der Waals surface area contributed by atoms with Gasteiger partial charge in [-0.25, -0.2) is 9.36 Å². The fraction of sp³-hybridized carbons (Fsp3) is 0.188. The molecule has 0 saturated carbocycles. The highest BCUT2D eigenvalue weighted by Crippen LogP contribution is 2.18. The molecule has 1 amide bonds. The van der Waals surface area contributed by atoms with Gasteiger partial charge in [0.15, 0.2) is 0 Å². The number of amides is 1. The average Bonchev–Trinajstić information content (AvgIpc) is 3.07. The fourth-order valence-corrected chi connectivity index (χ4v) is 2.74. The van der Waals surface area contributed by atoms with Crippen LogP contribution in [0.2, 0.25) is 0 Å². The van der Waals surface area contributed by atoms with E-state index in [1.165, 1.54) is 11.5 Å². The Morgan fingerprint density at radius 3 is 2.45 bits per heavy atom. The predicted molar refractivity (Wildman–Crippen MR) is 87.8 cm³/mol. The number of aryl methyl sites for hydroxylation is 2. The first-order valence-corrected chi connectivity index (χ1v) is 7.67. The molecule has 1 aromatic carbocycles. The molecule has 2 aromatic heterocycles. The smallest absolute Gasteiger partial charge is 0.258 e. The number of anilines is 1. The summed E-state index contributed by atoms with van der Waals surface area (Å²) in [7, 11) is 0. The standard InChI is InChI=1S/C16H16N4OS/c1-10-11(2)20(9-17-10)14-6-4-13(5-7-14)19-16(21)15-8-18-22-12(15)3/h4-9H,1-3H3,(H,19,21). The van der Waals surface area contributed by atoms with Crippen LogP contribution in [-0.2, 0) is 0 Å². The van der Waals surface area contributed by atoms with E-state index in [0.717, 1.165) is 27.6 Å². The first-order chi connectivity index (χ1) is 10.6. The number of hydrogen-bond donors (Lipinski definition) is 1. The molecule has 0 fully saturated rings. The summed E-state index contributed by atoms with van der Waals surface area (Å²) in [6.45, 7) is 5.90. The van der Waals surface area contributed by atoms with E-state index in [2.05, 4.69) is 14.7 Å². The van der Waals surface area contributed by atoms with Crippen molar-refractivity contribution in [3.8, 4) is 5.69 Å². The van der Waals surface area contributed by atoms with Gasteiger partial charge in [-0.15, -0.1) is 0 Å². The monoisotopic (exact) mass is 312 g/mol. The van der Waals surface area contributed by atoms with Crippen molar-refractivity contribution in [2.75, 3.05) is 5.32 Å². The normalized spacial score (nSPS) is 10.7. The minimum absolute atomic E-state index is 0.131. The van der Waals surface area contributed by atoms with E-state index < -0.39 is 0 Å². The molecule has 0 radical (unpaired) electrons. The van der Waals surface area contributed by atoms with Gasteiger partial charge in [0.05, 0.1) is 23.8 Å². The van der Waals surface area contributed by atoms with Crippen LogP contribution in [0, 0.1) is 20.8 Å². The second kappa shape index (κ2) is 5.73. The Morgan fingerprint density at radius 1 is 1.18 bits per heavy atom. The zero-order valence-electron chi connectivity index (χ0n) is 12.6. The summed E-state index contributed by atoms with van der Waals surface area (Å²) in [4.78, 5) is 17.4. The molecule has 0 bridgehead atoms. The van der Waals surface area contributed by atoms with Gasteiger partial charge in [0.1, 0.15) is 0 Å². The second-order valence-electron chi connectivity index (χ2n) is 5.08. The van der Waals surface area contributed by atoms with Crippen LogP contribution < -0.4 is 5.32 Å². The molecule has 5 nitrogen and oxygen atoms in total. The quantitative estimate of drug-likeness (QED) is 0.805. The fourth-order valence-electron chi connectivity index (χ4n) is 2.18. The molecule has 0 aliphatic heterocycles. The van der Waals surface area contributed by atoms with Crippen LogP contribution >= 0.6 is 11.5 Å². The van der Waals surface area contributed by atoms with E-state index >= 15 is 0 Å². The Balaban J connectivity index is 1.79. The van der Waals surface area contributed by atoms with E-state index in [9.17, 15) is 4.79 Å². The summed E-state index contributed by atoms with van der Waals surface area (Å²) < 4.78 is 6.04. The maximum absolute atomic E-state index is 12.1. The second-order valence-corrected chi connectivity index (χ2v) is 6.09. The Hall–Kier alpha value is -2.47. The summed E-state index contributed by atoms with van der Waals surface area (Å²) in [6.07, 6.45) is 3.40. The molecule has 0 spiro atoms. The Labute approximate surface area is 132 Å². The van der Waals surface area contributed by atoms with Gasteiger partial charge in [-0.3, -0.25) is 4.79 Å². The van der Waals surface area contributed by atoms with Gasteiger partial charge >= 0.3 is 0 Å². The summed E-state index contributed by atoms with van der Waals surface area (Å²) in [6, 6.07) is 7.69. The van der Waals surface area contributed by atoms with Gasteiger partial charge in [0.2, 0.25) is 0 Å². The molecule has 112 valence electrons. The van der Waals surface area contributed by atoms with Crippen molar-refractivity contribution in [2.45, 2.75) is 20.8 Å². The Kier molecular flexibility index (Phi) is 3.77. The van der Waals surface area contributed by atoms with Crippen molar-refractivity contribution in [1.29, 1.82) is 0 Å². The highest BCUT2D eigenvalue weighted by molar-refractivity contribution is 7.06. The largest absolute Gasteiger partial charge is 0.322 e. The molecule has 2 heterocycles. The van der Waals surface area contributed by atoms with Crippen molar-refractivity contribution in [1.82, 2.24) is 13.9 Å². The van der Waals surface area contributed by atoms with Crippen LogP contribution in [0.4, 0.5) is 5.69 Å². The Morgan fingerprint density at radius 2 is 1.91 bits per heavy atom. The van der Waals surface area contributed by atoms with Crippen molar-refractivity contribution >= 4 is 23.1 Å². The lowest BCUT2D eigenvalue weighted by Gasteiger charge is -2.08. The van der Waals surface area contributed by atoms with Gasteiger partial charge in [-0.2, -0.15) is 0 Å². The van der Waals surface area contributed by atoms with Crippen LogP contribution in [0.5, 0.6) is 0 Å². The number of nitrogens with one attached hydrogen (secondary N) is 1. The molecule has 6 heteroatoms. The van der Waals surface area contributed by atoms with Gasteiger partial charge in [0, 0.05) is 21.9 Å². The third-order valence-corrected chi connectivity index (χ3v) is 4.36. The van der Waals surface area contributed by atoms with Crippen molar-refractivity contribution in [3.05, 3.63) is 58.6 Å². The number of hydrogen-bond acceptors (Lipinski definition) is 4. The summed E-state index contributed by atoms with van der Waals surface area (Å²) >= 11 is 1.33. The number of benzene rings is 1. The number of carbonyl (C=O) groups excluding carboxylic acids is 1. The van der Waals surface area contributed by atoms with Gasteiger partial charge in [-0.1, -0.05) is 0 Å². The van der Waals surface area contributed by atoms with Crippen molar-refractivity contribution in [3.63, 3.8) is 0 Å². The van der Waals surface area contributed by atoms with Gasteiger partial charge in [0.25, 0.3) is 5.91 Å². The SMILES string of the molecule is Cc1ncn(-c2ccc(NC(=O)c3cnsc3C)cc2)c1C. The third kappa shape index (κ3) is 2.65. The van der Waals surface area contributed by atoms with Crippen LogP contribution in [-0.4, -0.2) is 19.8 Å². The lowest BCUT2D eigenvalue weighted by molar-refractivity contribution is 0.102. The van der Waals surface area contributed by atoms with Crippen molar-refractivity contribution < 1.29 is 4.79 Å². The molecular formula is C16H16N4OS. The predicted octanol–water partition coefficient (Wildman–Crippen LogP) is 3.51. The van der Waals surface area contributed by atoms with Crippen LogP contribution in [0.25, 0.3) is 5.69 Å². The molecule has 3 aromatic rings. The molecule has 0 aliphatic rings. The minimum Gasteiger partial charge on any atom is -0.322 e. The molecule has 0 aliphatic carbocycles. The van der Waals surface area contributed by atoms with Crippen LogP contribution in [0.15, 0.2) is 36.8 Å². The first kappa shape index (κ1) is 14.5. The molecular weight excluding hydrogens is 296 g/mol. The van der Waals surface area contributed by atoms with Crippen LogP contribution in [0.1, 0.15) is 26.6 Å². The maximum Gasteiger partial charge on any atom is 0.258 e. The highest BCUT2D eigenvalue weighted by Gasteiger charge is 2.11. The van der Waals surface area contributed by atoms with E-state index in [1.54, 1.807) is 12.5 Å². The van der Waals surface area contributed by atoms with E-state index in [4.69, 9.17) is 0 Å². The maximum atomic E-state index is 12.1. The number of rotatable bonds is 3. The topological polar surface area (TPSA) is 59.8 Å². The zero-order chi connectivity index (χ0) is 15.7. The number of nitrogens with zero attached hydrogens (tertiary/aromatic N) is 3. The molecule has 0 saturated heterocycles. The minimum atomic E-state index is -0.131. The summed E-state index contributed by atoms with van der Waals surface area (Å²) in [5, 5.41) is 2.89. The van der Waals surface area contributed by atoms with Crippen LogP contribution in [0.3, 0.4) is 0 Å². The lowest BCUT2D eigenvalue weighted by Crippen LogP contribution is -2.12. The molecule has 3 rings (SSSR count). The highest BCUT2D eigenvalue weighted by atomic mass is 32.1. The van der Waals surface area contributed by atoms with E-state index in [0.29, 0.717) is 5.56 Å². The van der Waals surface area contributed by atoms with Gasteiger partial charge in [-0.05, 0) is 56.6 Å². The number of aromatic nitrogens is 3. The first-order valence-electron chi connectivity index (χ1n) is 6.90. The van der Waals surface area contributed by atoms with Gasteiger partial charge < -0.3 is 9.88 Å². The molecule has 1 N–H and O–H groups in total. The summed E-state index contributed by atoms with van der Waals surface area (Å²) in [5.41, 5.74) is 4.52. The zero-order valence-corrected chi connectivity index (χ0v) is 13.4. The number of imidazole rings is 1. The molecule has 22 heavy (non-hydrogen) atoms. The molecule has 0 atom stereocenters. The van der Waals surface area contributed by atoms with E-state index in [1.807, 2.05) is 49.6 Å². The van der Waals surface area contributed by atoms with Crippen molar-refractivity contribution in [2.24, 2.45) is 0 Å². The summed E-state index contributed by atoms with van der Waals surface area (Å²) in [5.74, 6) is -0.131. The van der Waals surface area contributed by atoms with E-state index in [-0.39, 0.29) is 5.91 Å². The number of carbonyl (C=O) groups is 1. The average molecular weight is 312 g/mol.